The molecule has 5 heteroatoms. The molecule has 2 saturated heterocycles. The molecular formula is C15H16FNO2S. The molecule has 2 heterocycles. The number of aliphatic hydroxyl groups is 1. The molecular weight excluding hydrogens is 277 g/mol. The lowest BCUT2D eigenvalue weighted by atomic mass is 9.80. The Balaban J connectivity index is 2.01. The normalized spacial score (nSPS) is 36.4. The van der Waals surface area contributed by atoms with Crippen LogP contribution in [0.15, 0.2) is 18.2 Å². The van der Waals surface area contributed by atoms with Crippen LogP contribution in [0.1, 0.15) is 43.2 Å². The van der Waals surface area contributed by atoms with E-state index >= 15 is 0 Å². The van der Waals surface area contributed by atoms with Gasteiger partial charge < -0.3 is 5.11 Å². The maximum Gasteiger partial charge on any atom is 0.129 e. The van der Waals surface area contributed by atoms with Crippen LogP contribution >= 0.6 is 0 Å². The first kappa shape index (κ1) is 13.7. The first-order valence-electron chi connectivity index (χ1n) is 6.85. The van der Waals surface area contributed by atoms with Gasteiger partial charge in [0.1, 0.15) is 5.82 Å². The molecule has 20 heavy (non-hydrogen) atoms. The lowest BCUT2D eigenvalue weighted by Crippen LogP contribution is -2.47. The average molecular weight is 293 g/mol. The Morgan fingerprint density at radius 1 is 1.35 bits per heavy atom. The molecule has 2 atom stereocenters. The predicted molar refractivity (Wildman–Crippen MR) is 73.8 cm³/mol. The lowest BCUT2D eigenvalue weighted by Gasteiger charge is -2.43. The van der Waals surface area contributed by atoms with E-state index in [0.29, 0.717) is 18.4 Å². The fourth-order valence-electron chi connectivity index (χ4n) is 3.45. The molecule has 2 fully saturated rings. The molecule has 1 aromatic rings. The van der Waals surface area contributed by atoms with E-state index in [4.69, 9.17) is 5.26 Å². The Morgan fingerprint density at radius 3 is 2.60 bits per heavy atom. The maximum absolute atomic E-state index is 14.1. The van der Waals surface area contributed by atoms with Crippen molar-refractivity contribution in [3.05, 3.63) is 35.1 Å². The van der Waals surface area contributed by atoms with Crippen LogP contribution in [-0.4, -0.2) is 19.8 Å². The van der Waals surface area contributed by atoms with Gasteiger partial charge in [-0.1, -0.05) is 6.42 Å². The van der Waals surface area contributed by atoms with Crippen molar-refractivity contribution in [2.75, 3.05) is 0 Å². The van der Waals surface area contributed by atoms with Crippen LogP contribution in [0, 0.1) is 17.1 Å². The summed E-state index contributed by atoms with van der Waals surface area (Å²) < 4.78 is 26.3. The SMILES string of the molecule is N#Cc1ccc(F)c(C2(O)CC3CCCC(C2)S3=O)c1. The number of fused-ring (bicyclic) bond motifs is 2. The zero-order valence-corrected chi connectivity index (χ0v) is 11.8. The van der Waals surface area contributed by atoms with E-state index < -0.39 is 22.2 Å². The van der Waals surface area contributed by atoms with Gasteiger partial charge in [0.15, 0.2) is 0 Å². The fourth-order valence-corrected chi connectivity index (χ4v) is 5.68. The van der Waals surface area contributed by atoms with Crippen LogP contribution < -0.4 is 0 Å². The van der Waals surface area contributed by atoms with Crippen molar-refractivity contribution < 1.29 is 13.7 Å². The Kier molecular flexibility index (Phi) is 3.39. The Hall–Kier alpha value is -1.25. The third-order valence-corrected chi connectivity index (χ3v) is 6.56. The van der Waals surface area contributed by atoms with E-state index in [9.17, 15) is 13.7 Å². The number of nitrogens with zero attached hydrogens (tertiary/aromatic N) is 1. The lowest BCUT2D eigenvalue weighted by molar-refractivity contribution is 0.00335. The smallest absolute Gasteiger partial charge is 0.129 e. The quantitative estimate of drug-likeness (QED) is 0.864. The minimum atomic E-state index is -1.29. The van der Waals surface area contributed by atoms with Crippen molar-refractivity contribution in [3.8, 4) is 6.07 Å². The van der Waals surface area contributed by atoms with E-state index in [1.54, 1.807) is 0 Å². The van der Waals surface area contributed by atoms with Crippen molar-refractivity contribution >= 4 is 10.8 Å². The van der Waals surface area contributed by atoms with E-state index in [0.717, 1.165) is 19.3 Å². The van der Waals surface area contributed by atoms with Crippen LogP contribution in [-0.2, 0) is 16.4 Å². The molecule has 0 saturated carbocycles. The molecule has 0 spiro atoms. The Labute approximate surface area is 119 Å². The Bertz CT molecular complexity index is 594. The molecule has 0 aliphatic carbocycles. The highest BCUT2D eigenvalue weighted by Gasteiger charge is 2.47. The Morgan fingerprint density at radius 2 is 2.00 bits per heavy atom. The summed E-state index contributed by atoms with van der Waals surface area (Å²) >= 11 is 0. The number of nitriles is 1. The summed E-state index contributed by atoms with van der Waals surface area (Å²) in [7, 11) is -0.918. The van der Waals surface area contributed by atoms with Crippen molar-refractivity contribution in [2.24, 2.45) is 0 Å². The third-order valence-electron chi connectivity index (χ3n) is 4.44. The number of halogens is 1. The topological polar surface area (TPSA) is 61.1 Å². The molecule has 2 aliphatic rings. The molecule has 3 rings (SSSR count). The minimum absolute atomic E-state index is 0.0577. The second-order valence-corrected chi connectivity index (χ2v) is 7.74. The summed E-state index contributed by atoms with van der Waals surface area (Å²) in [6, 6.07) is 6.04. The van der Waals surface area contributed by atoms with Crippen LogP contribution in [0.5, 0.6) is 0 Å². The molecule has 0 amide bonds. The van der Waals surface area contributed by atoms with Crippen molar-refractivity contribution in [2.45, 2.75) is 48.2 Å². The molecule has 3 nitrogen and oxygen atoms in total. The molecule has 0 aromatic heterocycles. The van der Waals surface area contributed by atoms with E-state index in [1.807, 2.05) is 6.07 Å². The third kappa shape index (κ3) is 2.17. The average Bonchev–Trinajstić information content (AvgIpc) is 2.41. The molecule has 2 unspecified atom stereocenters. The van der Waals surface area contributed by atoms with Crippen molar-refractivity contribution in [1.29, 1.82) is 5.26 Å². The van der Waals surface area contributed by atoms with Crippen LogP contribution in [0.3, 0.4) is 0 Å². The van der Waals surface area contributed by atoms with Gasteiger partial charge in [-0.3, -0.25) is 4.21 Å². The van der Waals surface area contributed by atoms with Crippen LogP contribution in [0.2, 0.25) is 0 Å². The minimum Gasteiger partial charge on any atom is -0.385 e. The number of hydrogen-bond acceptors (Lipinski definition) is 3. The highest BCUT2D eigenvalue weighted by Crippen LogP contribution is 2.45. The second kappa shape index (κ2) is 4.94. The number of benzene rings is 1. The van der Waals surface area contributed by atoms with Gasteiger partial charge in [0.2, 0.25) is 0 Å². The summed E-state index contributed by atoms with van der Waals surface area (Å²) in [5.41, 5.74) is -0.766. The summed E-state index contributed by atoms with van der Waals surface area (Å²) in [6.45, 7) is 0. The van der Waals surface area contributed by atoms with Crippen molar-refractivity contribution in [1.82, 2.24) is 0 Å². The van der Waals surface area contributed by atoms with Gasteiger partial charge >= 0.3 is 0 Å². The summed E-state index contributed by atoms with van der Waals surface area (Å²) in [5, 5.41) is 19.7. The first-order valence-corrected chi connectivity index (χ1v) is 8.13. The van der Waals surface area contributed by atoms with E-state index in [-0.39, 0.29) is 16.1 Å². The van der Waals surface area contributed by atoms with E-state index in [2.05, 4.69) is 0 Å². The highest BCUT2D eigenvalue weighted by molar-refractivity contribution is 7.86. The van der Waals surface area contributed by atoms with E-state index in [1.165, 1.54) is 18.2 Å². The maximum atomic E-state index is 14.1. The summed E-state index contributed by atoms with van der Waals surface area (Å²) in [6.07, 6.45) is 3.32. The van der Waals surface area contributed by atoms with Gasteiger partial charge in [-0.15, -0.1) is 0 Å². The van der Waals surface area contributed by atoms with Crippen LogP contribution in [0.4, 0.5) is 4.39 Å². The molecule has 2 aliphatic heterocycles. The largest absolute Gasteiger partial charge is 0.385 e. The van der Waals surface area contributed by atoms with Gasteiger partial charge in [-0.05, 0) is 43.9 Å². The molecule has 2 bridgehead atoms. The molecule has 0 radical (unpaired) electrons. The van der Waals surface area contributed by atoms with Gasteiger partial charge in [-0.25, -0.2) is 4.39 Å². The zero-order valence-electron chi connectivity index (χ0n) is 11.0. The molecule has 106 valence electrons. The summed E-state index contributed by atoms with van der Waals surface area (Å²) in [4.78, 5) is 0. The van der Waals surface area contributed by atoms with Gasteiger partial charge in [0, 0.05) is 26.9 Å². The predicted octanol–water partition coefficient (Wildman–Crippen LogP) is 2.35. The monoisotopic (exact) mass is 293 g/mol. The van der Waals surface area contributed by atoms with Gasteiger partial charge in [0.25, 0.3) is 0 Å². The molecule has 1 N–H and O–H groups in total. The van der Waals surface area contributed by atoms with Gasteiger partial charge in [0.05, 0.1) is 17.2 Å². The number of hydrogen-bond donors (Lipinski definition) is 1. The van der Waals surface area contributed by atoms with Crippen molar-refractivity contribution in [3.63, 3.8) is 0 Å². The zero-order chi connectivity index (χ0) is 14.3. The highest BCUT2D eigenvalue weighted by atomic mass is 32.2. The van der Waals surface area contributed by atoms with Gasteiger partial charge in [-0.2, -0.15) is 5.26 Å². The second-order valence-electron chi connectivity index (χ2n) is 5.75. The first-order chi connectivity index (χ1) is 9.53. The fraction of sp³-hybridized carbons (Fsp3) is 0.533. The standard InChI is InChI=1S/C15H16FNO2S/c16-14-5-4-10(9-17)6-13(14)15(18)7-11-2-1-3-12(8-15)20(11)19/h4-6,11-12,18H,1-3,7-8H2. The number of rotatable bonds is 1. The van der Waals surface area contributed by atoms with Crippen LogP contribution in [0.25, 0.3) is 0 Å². The summed E-state index contributed by atoms with van der Waals surface area (Å²) in [5.74, 6) is -0.489. The molecule has 1 aromatic carbocycles.